The monoisotopic (exact) mass is 416 g/mol. The fourth-order valence-electron chi connectivity index (χ4n) is 4.26. The predicted molar refractivity (Wildman–Crippen MR) is 102 cm³/mol. The molecule has 2 aliphatic heterocycles. The average molecular weight is 417 g/mol. The SMILES string of the molecule is CC(=O)Nc1ccc(C(=O)N2C3CCC2CC(n2cc(Br)cn2)C3)cc1. The molecule has 7 heteroatoms. The number of rotatable bonds is 3. The molecule has 26 heavy (non-hydrogen) atoms. The first-order chi connectivity index (χ1) is 12.5. The smallest absolute Gasteiger partial charge is 0.254 e. The van der Waals surface area contributed by atoms with Gasteiger partial charge in [0.05, 0.1) is 16.7 Å². The highest BCUT2D eigenvalue weighted by Gasteiger charge is 2.44. The summed E-state index contributed by atoms with van der Waals surface area (Å²) in [7, 11) is 0. The average Bonchev–Trinajstić information content (AvgIpc) is 3.15. The molecule has 2 bridgehead atoms. The van der Waals surface area contributed by atoms with Crippen LogP contribution in [0.15, 0.2) is 41.1 Å². The van der Waals surface area contributed by atoms with Gasteiger partial charge in [-0.05, 0) is 65.9 Å². The second kappa shape index (κ2) is 6.87. The van der Waals surface area contributed by atoms with Gasteiger partial charge >= 0.3 is 0 Å². The molecule has 2 fully saturated rings. The highest BCUT2D eigenvalue weighted by molar-refractivity contribution is 9.10. The van der Waals surface area contributed by atoms with Gasteiger partial charge in [-0.3, -0.25) is 14.3 Å². The standard InChI is InChI=1S/C19H21BrN4O2/c1-12(25)22-15-4-2-13(3-5-15)19(26)24-16-6-7-17(24)9-18(8-16)23-11-14(20)10-21-23/h2-5,10-11,16-18H,6-9H2,1H3,(H,22,25). The second-order valence-corrected chi connectivity index (χ2v) is 8.04. The molecule has 2 saturated heterocycles. The van der Waals surface area contributed by atoms with Crippen LogP contribution in [0.4, 0.5) is 5.69 Å². The number of fused-ring (bicyclic) bond motifs is 2. The molecule has 3 heterocycles. The first-order valence-electron chi connectivity index (χ1n) is 8.91. The molecule has 4 rings (SSSR count). The Hall–Kier alpha value is -2.15. The van der Waals surface area contributed by atoms with Crippen molar-refractivity contribution in [1.82, 2.24) is 14.7 Å². The molecule has 2 unspecified atom stereocenters. The van der Waals surface area contributed by atoms with E-state index >= 15 is 0 Å². The highest BCUT2D eigenvalue weighted by Crippen LogP contribution is 2.41. The van der Waals surface area contributed by atoms with Gasteiger partial charge in [0, 0.05) is 36.5 Å². The van der Waals surface area contributed by atoms with E-state index in [1.54, 1.807) is 24.3 Å². The van der Waals surface area contributed by atoms with Gasteiger partial charge in [0.2, 0.25) is 5.91 Å². The molecular weight excluding hydrogens is 396 g/mol. The van der Waals surface area contributed by atoms with Crippen molar-refractivity contribution in [3.8, 4) is 0 Å². The minimum absolute atomic E-state index is 0.0898. The lowest BCUT2D eigenvalue weighted by Gasteiger charge is -2.39. The van der Waals surface area contributed by atoms with Crippen molar-refractivity contribution < 1.29 is 9.59 Å². The van der Waals surface area contributed by atoms with Gasteiger partial charge < -0.3 is 10.2 Å². The molecule has 2 aliphatic rings. The number of halogens is 1. The van der Waals surface area contributed by atoms with Crippen LogP contribution >= 0.6 is 15.9 Å². The van der Waals surface area contributed by atoms with Crippen LogP contribution in [0.2, 0.25) is 0 Å². The lowest BCUT2D eigenvalue weighted by molar-refractivity contribution is -0.114. The third-order valence-electron chi connectivity index (χ3n) is 5.34. The number of nitrogens with zero attached hydrogens (tertiary/aromatic N) is 3. The molecule has 0 saturated carbocycles. The summed E-state index contributed by atoms with van der Waals surface area (Å²) in [6.07, 6.45) is 7.83. The zero-order valence-corrected chi connectivity index (χ0v) is 16.1. The van der Waals surface area contributed by atoms with Gasteiger partial charge in [0.1, 0.15) is 0 Å². The van der Waals surface area contributed by atoms with Crippen molar-refractivity contribution in [2.24, 2.45) is 0 Å². The lowest BCUT2D eigenvalue weighted by Crippen LogP contribution is -2.47. The summed E-state index contributed by atoms with van der Waals surface area (Å²) in [5.41, 5.74) is 1.39. The zero-order valence-electron chi connectivity index (χ0n) is 14.6. The maximum Gasteiger partial charge on any atom is 0.254 e. The molecule has 2 amide bonds. The Morgan fingerprint density at radius 3 is 2.31 bits per heavy atom. The van der Waals surface area contributed by atoms with Crippen LogP contribution in [0.1, 0.15) is 49.0 Å². The molecule has 6 nitrogen and oxygen atoms in total. The molecule has 2 atom stereocenters. The van der Waals surface area contributed by atoms with Crippen LogP contribution in [0.25, 0.3) is 0 Å². The van der Waals surface area contributed by atoms with Crippen LogP contribution in [0.5, 0.6) is 0 Å². The summed E-state index contributed by atoms with van der Waals surface area (Å²) >= 11 is 3.46. The fourth-order valence-corrected chi connectivity index (χ4v) is 4.56. The fraction of sp³-hybridized carbons (Fsp3) is 0.421. The molecule has 0 radical (unpaired) electrons. The summed E-state index contributed by atoms with van der Waals surface area (Å²) in [5.74, 6) is -0.0265. The third kappa shape index (κ3) is 3.28. The Kier molecular flexibility index (Phi) is 4.56. The molecule has 0 spiro atoms. The van der Waals surface area contributed by atoms with Crippen molar-refractivity contribution in [2.75, 3.05) is 5.32 Å². The van der Waals surface area contributed by atoms with Crippen molar-refractivity contribution >= 4 is 33.4 Å². The van der Waals surface area contributed by atoms with E-state index in [4.69, 9.17) is 0 Å². The minimum Gasteiger partial charge on any atom is -0.333 e. The number of piperidine rings is 1. The first kappa shape index (κ1) is 17.3. The summed E-state index contributed by atoms with van der Waals surface area (Å²) in [6, 6.07) is 8.04. The number of hydrogen-bond acceptors (Lipinski definition) is 3. The van der Waals surface area contributed by atoms with Gasteiger partial charge in [-0.15, -0.1) is 0 Å². The quantitative estimate of drug-likeness (QED) is 0.830. The van der Waals surface area contributed by atoms with E-state index in [0.29, 0.717) is 17.3 Å². The first-order valence-corrected chi connectivity index (χ1v) is 9.70. The van der Waals surface area contributed by atoms with Crippen molar-refractivity contribution in [1.29, 1.82) is 0 Å². The molecule has 1 aromatic heterocycles. The number of carbonyl (C=O) groups excluding carboxylic acids is 2. The van der Waals surface area contributed by atoms with Gasteiger partial charge in [0.15, 0.2) is 0 Å². The van der Waals surface area contributed by atoms with Gasteiger partial charge in [0.25, 0.3) is 5.91 Å². The Labute approximate surface area is 160 Å². The van der Waals surface area contributed by atoms with Crippen molar-refractivity contribution in [3.63, 3.8) is 0 Å². The third-order valence-corrected chi connectivity index (χ3v) is 5.75. The molecule has 0 aliphatic carbocycles. The van der Waals surface area contributed by atoms with Gasteiger partial charge in [-0.25, -0.2) is 0 Å². The number of anilines is 1. The summed E-state index contributed by atoms with van der Waals surface area (Å²) in [5, 5.41) is 7.16. The molecule has 2 aromatic rings. The Morgan fingerprint density at radius 2 is 1.77 bits per heavy atom. The topological polar surface area (TPSA) is 67.2 Å². The van der Waals surface area contributed by atoms with Gasteiger partial charge in [-0.1, -0.05) is 0 Å². The number of aromatic nitrogens is 2. The van der Waals surface area contributed by atoms with E-state index in [0.717, 1.165) is 30.2 Å². The van der Waals surface area contributed by atoms with Crippen molar-refractivity contribution in [2.45, 2.75) is 50.7 Å². The summed E-state index contributed by atoms with van der Waals surface area (Å²) in [6.45, 7) is 1.47. The molecule has 136 valence electrons. The van der Waals surface area contributed by atoms with Crippen LogP contribution in [0.3, 0.4) is 0 Å². The summed E-state index contributed by atoms with van der Waals surface area (Å²) in [4.78, 5) is 26.2. The maximum atomic E-state index is 13.1. The molecular formula is C19H21BrN4O2. The Morgan fingerprint density at radius 1 is 1.12 bits per heavy atom. The minimum atomic E-state index is -0.116. The Balaban J connectivity index is 1.48. The van der Waals surface area contributed by atoms with Crippen LogP contribution in [0, 0.1) is 0 Å². The highest BCUT2D eigenvalue weighted by atomic mass is 79.9. The maximum absolute atomic E-state index is 13.1. The van der Waals surface area contributed by atoms with E-state index in [-0.39, 0.29) is 23.9 Å². The van der Waals surface area contributed by atoms with E-state index in [1.807, 2.05) is 17.1 Å². The predicted octanol–water partition coefficient (Wildman–Crippen LogP) is 3.61. The number of amides is 2. The van der Waals surface area contributed by atoms with Gasteiger partial charge in [-0.2, -0.15) is 5.10 Å². The summed E-state index contributed by atoms with van der Waals surface area (Å²) < 4.78 is 3.02. The van der Waals surface area contributed by atoms with E-state index < -0.39 is 0 Å². The number of hydrogen-bond donors (Lipinski definition) is 1. The van der Waals surface area contributed by atoms with E-state index in [9.17, 15) is 9.59 Å². The Bertz CT molecular complexity index is 818. The van der Waals surface area contributed by atoms with E-state index in [1.165, 1.54) is 6.92 Å². The zero-order chi connectivity index (χ0) is 18.3. The number of carbonyl (C=O) groups is 2. The number of nitrogens with one attached hydrogen (secondary N) is 1. The van der Waals surface area contributed by atoms with Crippen LogP contribution in [-0.4, -0.2) is 38.6 Å². The number of benzene rings is 1. The van der Waals surface area contributed by atoms with E-state index in [2.05, 4.69) is 31.2 Å². The lowest BCUT2D eigenvalue weighted by atomic mass is 9.96. The van der Waals surface area contributed by atoms with Crippen molar-refractivity contribution in [3.05, 3.63) is 46.7 Å². The van der Waals surface area contributed by atoms with Crippen LogP contribution < -0.4 is 5.32 Å². The van der Waals surface area contributed by atoms with Crippen LogP contribution in [-0.2, 0) is 4.79 Å². The molecule has 1 aromatic carbocycles. The second-order valence-electron chi connectivity index (χ2n) is 7.12. The molecule has 1 N–H and O–H groups in total. The largest absolute Gasteiger partial charge is 0.333 e. The normalized spacial score (nSPS) is 24.5.